The lowest BCUT2D eigenvalue weighted by molar-refractivity contribution is -0.308. The molecule has 1 amide bonds. The maximum atomic E-state index is 12.5. The molecule has 1 aromatic carbocycles. The fourth-order valence-corrected chi connectivity index (χ4v) is 3.26. The Balaban J connectivity index is 2.08. The third kappa shape index (κ3) is 3.20. The zero-order valence-electron chi connectivity index (χ0n) is 15.6. The molecule has 0 fully saturated rings. The molecular formula is C20H20NO6-. The number of carboxylic acids is 1. The predicted octanol–water partition coefficient (Wildman–Crippen LogP) is 1.65. The maximum absolute atomic E-state index is 12.5. The minimum atomic E-state index is -1.36. The molecule has 7 nitrogen and oxygen atoms in total. The summed E-state index contributed by atoms with van der Waals surface area (Å²) in [7, 11) is 0. The molecule has 3 aromatic rings. The fourth-order valence-electron chi connectivity index (χ4n) is 3.26. The number of rotatable bonds is 5. The van der Waals surface area contributed by atoms with Gasteiger partial charge in [-0.3, -0.25) is 4.79 Å². The summed E-state index contributed by atoms with van der Waals surface area (Å²) in [5.74, 6) is -1.93. The van der Waals surface area contributed by atoms with E-state index in [-0.39, 0.29) is 18.4 Å². The van der Waals surface area contributed by atoms with Crippen molar-refractivity contribution in [2.45, 2.75) is 46.6 Å². The first kappa shape index (κ1) is 18.7. The zero-order chi connectivity index (χ0) is 19.9. The van der Waals surface area contributed by atoms with Gasteiger partial charge in [-0.15, -0.1) is 0 Å². The van der Waals surface area contributed by atoms with Crippen LogP contribution in [0.2, 0.25) is 0 Å². The topological polar surface area (TPSA) is 113 Å². The number of aryl methyl sites for hydroxylation is 3. The fraction of sp³-hybridized carbons (Fsp3) is 0.350. The van der Waals surface area contributed by atoms with E-state index in [1.54, 1.807) is 20.1 Å². The second-order valence-corrected chi connectivity index (χ2v) is 6.69. The molecular weight excluding hydrogens is 350 g/mol. The van der Waals surface area contributed by atoms with Gasteiger partial charge in [-0.25, -0.2) is 4.79 Å². The smallest absolute Gasteiger partial charge is 0.340 e. The standard InChI is InChI=1S/C20H21NO6/c1-5-15(19(23)24)21-16(22)7-14-10(3)13-6-12-9(2)8-26-17(12)11(4)18(13)27-20(14)25/h6,8,15H,5,7H2,1-4H3,(H,21,22)(H,23,24)/p-1/t15-/m1/s1. The Kier molecular flexibility index (Phi) is 4.78. The van der Waals surface area contributed by atoms with Crippen molar-refractivity contribution in [1.82, 2.24) is 5.32 Å². The summed E-state index contributed by atoms with van der Waals surface area (Å²) in [6.45, 7) is 7.11. The van der Waals surface area contributed by atoms with Crippen molar-refractivity contribution in [2.24, 2.45) is 0 Å². The van der Waals surface area contributed by atoms with E-state index >= 15 is 0 Å². The van der Waals surface area contributed by atoms with E-state index in [4.69, 9.17) is 8.83 Å². The summed E-state index contributed by atoms with van der Waals surface area (Å²) in [6.07, 6.45) is 1.56. The van der Waals surface area contributed by atoms with Crippen LogP contribution in [0.3, 0.4) is 0 Å². The average Bonchev–Trinajstić information content (AvgIpc) is 2.99. The van der Waals surface area contributed by atoms with Gasteiger partial charge in [0.25, 0.3) is 0 Å². The number of hydrogen-bond donors (Lipinski definition) is 1. The van der Waals surface area contributed by atoms with Crippen LogP contribution in [0.1, 0.15) is 35.6 Å². The molecule has 0 aliphatic rings. The normalized spacial score (nSPS) is 12.4. The van der Waals surface area contributed by atoms with Gasteiger partial charge in [0, 0.05) is 16.3 Å². The minimum Gasteiger partial charge on any atom is -0.548 e. The highest BCUT2D eigenvalue weighted by Gasteiger charge is 2.20. The molecule has 0 bridgehead atoms. The largest absolute Gasteiger partial charge is 0.548 e. The Morgan fingerprint density at radius 3 is 2.48 bits per heavy atom. The van der Waals surface area contributed by atoms with Gasteiger partial charge in [0.1, 0.15) is 11.2 Å². The van der Waals surface area contributed by atoms with Crippen molar-refractivity contribution in [3.63, 3.8) is 0 Å². The van der Waals surface area contributed by atoms with Crippen LogP contribution in [-0.4, -0.2) is 17.9 Å². The Labute approximate surface area is 155 Å². The van der Waals surface area contributed by atoms with Crippen LogP contribution in [0.15, 0.2) is 26.0 Å². The highest BCUT2D eigenvalue weighted by atomic mass is 16.4. The predicted molar refractivity (Wildman–Crippen MR) is 97.4 cm³/mol. The SMILES string of the molecule is CC[C@@H](NC(=O)Cc1c(C)c2cc3c(C)coc3c(C)c2oc1=O)C(=O)[O-]. The van der Waals surface area contributed by atoms with Crippen molar-refractivity contribution >= 4 is 33.8 Å². The molecule has 0 unspecified atom stereocenters. The monoisotopic (exact) mass is 370 g/mol. The maximum Gasteiger partial charge on any atom is 0.340 e. The van der Waals surface area contributed by atoms with E-state index in [2.05, 4.69) is 5.32 Å². The average molecular weight is 370 g/mol. The molecule has 2 aromatic heterocycles. The molecule has 1 N–H and O–H groups in total. The van der Waals surface area contributed by atoms with Crippen LogP contribution in [0.4, 0.5) is 0 Å². The number of fused-ring (bicyclic) bond motifs is 2. The summed E-state index contributed by atoms with van der Waals surface area (Å²) in [5, 5.41) is 15.0. The Morgan fingerprint density at radius 2 is 1.85 bits per heavy atom. The Bertz CT molecular complexity index is 1120. The molecule has 0 spiro atoms. The van der Waals surface area contributed by atoms with Gasteiger partial charge in [0.05, 0.1) is 30.3 Å². The first-order chi connectivity index (χ1) is 12.7. The number of aliphatic carboxylic acids is 1. The number of benzene rings is 1. The molecule has 3 rings (SSSR count). The lowest BCUT2D eigenvalue weighted by Crippen LogP contribution is -2.48. The van der Waals surface area contributed by atoms with Gasteiger partial charge >= 0.3 is 5.63 Å². The molecule has 0 saturated carbocycles. The van der Waals surface area contributed by atoms with Gasteiger partial charge in [-0.2, -0.15) is 0 Å². The number of carbonyl (C=O) groups is 2. The van der Waals surface area contributed by atoms with Crippen LogP contribution < -0.4 is 16.0 Å². The second-order valence-electron chi connectivity index (χ2n) is 6.69. The highest BCUT2D eigenvalue weighted by molar-refractivity contribution is 6.00. The third-order valence-corrected chi connectivity index (χ3v) is 4.90. The number of hydrogen-bond acceptors (Lipinski definition) is 6. The van der Waals surface area contributed by atoms with E-state index in [9.17, 15) is 19.5 Å². The number of carboxylic acid groups (broad SMARTS) is 1. The minimum absolute atomic E-state index is 0.191. The second kappa shape index (κ2) is 6.90. The van der Waals surface area contributed by atoms with E-state index in [1.807, 2.05) is 19.9 Å². The number of amides is 1. The highest BCUT2D eigenvalue weighted by Crippen LogP contribution is 2.32. The summed E-state index contributed by atoms with van der Waals surface area (Å²) in [5.41, 5.74) is 2.96. The summed E-state index contributed by atoms with van der Waals surface area (Å²) in [6, 6.07) is 0.785. The summed E-state index contributed by atoms with van der Waals surface area (Å²) in [4.78, 5) is 35.7. The van der Waals surface area contributed by atoms with Crippen molar-refractivity contribution in [2.75, 3.05) is 0 Å². The first-order valence-electron chi connectivity index (χ1n) is 8.68. The summed E-state index contributed by atoms with van der Waals surface area (Å²) < 4.78 is 11.0. The Morgan fingerprint density at radius 1 is 1.15 bits per heavy atom. The van der Waals surface area contributed by atoms with Crippen molar-refractivity contribution < 1.29 is 23.5 Å². The van der Waals surface area contributed by atoms with Gasteiger partial charge in [-0.05, 0) is 44.4 Å². The van der Waals surface area contributed by atoms with Crippen LogP contribution in [0.25, 0.3) is 21.9 Å². The number of carbonyl (C=O) groups excluding carboxylic acids is 2. The molecule has 0 aliphatic heterocycles. The van der Waals surface area contributed by atoms with Gasteiger partial charge in [0.2, 0.25) is 5.91 Å². The molecule has 7 heteroatoms. The van der Waals surface area contributed by atoms with Gasteiger partial charge in [-0.1, -0.05) is 6.92 Å². The lowest BCUT2D eigenvalue weighted by atomic mass is 9.99. The molecule has 1 atom stereocenters. The molecule has 27 heavy (non-hydrogen) atoms. The van der Waals surface area contributed by atoms with Crippen molar-refractivity contribution in [3.05, 3.63) is 45.0 Å². The van der Waals surface area contributed by atoms with Crippen molar-refractivity contribution in [3.8, 4) is 0 Å². The quantitative estimate of drug-likeness (QED) is 0.684. The number of nitrogens with one attached hydrogen (secondary N) is 1. The molecule has 142 valence electrons. The van der Waals surface area contributed by atoms with E-state index in [0.717, 1.165) is 21.9 Å². The van der Waals surface area contributed by atoms with E-state index in [0.29, 0.717) is 16.7 Å². The summed E-state index contributed by atoms with van der Waals surface area (Å²) >= 11 is 0. The first-order valence-corrected chi connectivity index (χ1v) is 8.68. The Hall–Kier alpha value is -3.09. The van der Waals surface area contributed by atoms with Crippen molar-refractivity contribution in [1.29, 1.82) is 0 Å². The van der Waals surface area contributed by atoms with Crippen LogP contribution in [0.5, 0.6) is 0 Å². The molecule has 0 aliphatic carbocycles. The molecule has 0 saturated heterocycles. The lowest BCUT2D eigenvalue weighted by Gasteiger charge is -2.18. The van der Waals surface area contributed by atoms with Gasteiger partial charge < -0.3 is 24.1 Å². The van der Waals surface area contributed by atoms with Gasteiger partial charge in [0.15, 0.2) is 0 Å². The van der Waals surface area contributed by atoms with Crippen LogP contribution >= 0.6 is 0 Å². The van der Waals surface area contributed by atoms with E-state index < -0.39 is 23.5 Å². The molecule has 2 heterocycles. The molecule has 0 radical (unpaired) electrons. The number of furan rings is 1. The third-order valence-electron chi connectivity index (χ3n) is 4.90. The van der Waals surface area contributed by atoms with Crippen LogP contribution in [0, 0.1) is 20.8 Å². The van der Waals surface area contributed by atoms with E-state index in [1.165, 1.54) is 0 Å². The van der Waals surface area contributed by atoms with Crippen LogP contribution in [-0.2, 0) is 16.0 Å². The zero-order valence-corrected chi connectivity index (χ0v) is 15.6.